The molecule has 1 aromatic heterocycles. The lowest BCUT2D eigenvalue weighted by atomic mass is 10.1. The smallest absolute Gasteiger partial charge is 0.265 e. The molecule has 0 bridgehead atoms. The number of hydrogen-bond donors (Lipinski definition) is 2. The Hall–Kier alpha value is -3.31. The number of anilines is 1. The van der Waals surface area contributed by atoms with Gasteiger partial charge in [0, 0.05) is 10.6 Å². The Balaban J connectivity index is 1.54. The maximum Gasteiger partial charge on any atom is 0.265 e. The Kier molecular flexibility index (Phi) is 5.00. The van der Waals surface area contributed by atoms with E-state index in [0.717, 1.165) is 16.6 Å². The number of amides is 1. The van der Waals surface area contributed by atoms with E-state index in [4.69, 9.17) is 16.3 Å². The molecule has 1 amide bonds. The molecule has 2 N–H and O–H groups in total. The molecule has 4 rings (SSSR count). The molecular formula is C22H18ClN3O2. The van der Waals surface area contributed by atoms with Gasteiger partial charge in [0.15, 0.2) is 6.10 Å². The van der Waals surface area contributed by atoms with Gasteiger partial charge in [-0.1, -0.05) is 35.9 Å². The highest BCUT2D eigenvalue weighted by atomic mass is 35.5. The van der Waals surface area contributed by atoms with Crippen LogP contribution in [0.1, 0.15) is 6.92 Å². The molecule has 0 unspecified atom stereocenters. The monoisotopic (exact) mass is 391 g/mol. The summed E-state index contributed by atoms with van der Waals surface area (Å²) in [7, 11) is 0. The largest absolute Gasteiger partial charge is 0.481 e. The SMILES string of the molecule is C[C@@H](Oc1ccc(Cl)cc1)C(=O)Nc1ccccc1-c1nc2ccccc2[nH]1. The van der Waals surface area contributed by atoms with Crippen LogP contribution >= 0.6 is 11.6 Å². The average Bonchev–Trinajstić information content (AvgIpc) is 3.14. The molecule has 0 spiro atoms. The number of aromatic nitrogens is 2. The van der Waals surface area contributed by atoms with Crippen molar-refractivity contribution in [3.63, 3.8) is 0 Å². The third kappa shape index (κ3) is 3.85. The first-order valence-electron chi connectivity index (χ1n) is 8.87. The van der Waals surface area contributed by atoms with Crippen LogP contribution in [-0.2, 0) is 4.79 Å². The second-order valence-electron chi connectivity index (χ2n) is 6.35. The Morgan fingerprint density at radius 2 is 1.75 bits per heavy atom. The highest BCUT2D eigenvalue weighted by Gasteiger charge is 2.17. The number of nitrogens with zero attached hydrogens (tertiary/aromatic N) is 1. The molecule has 1 heterocycles. The Bertz CT molecular complexity index is 1090. The van der Waals surface area contributed by atoms with E-state index in [2.05, 4.69) is 15.3 Å². The Morgan fingerprint density at radius 1 is 1.04 bits per heavy atom. The van der Waals surface area contributed by atoms with Crippen molar-refractivity contribution < 1.29 is 9.53 Å². The molecule has 1 atom stereocenters. The number of nitrogens with one attached hydrogen (secondary N) is 2. The second kappa shape index (κ2) is 7.74. The van der Waals surface area contributed by atoms with Crippen LogP contribution in [0.25, 0.3) is 22.4 Å². The van der Waals surface area contributed by atoms with E-state index in [-0.39, 0.29) is 5.91 Å². The zero-order chi connectivity index (χ0) is 19.5. The van der Waals surface area contributed by atoms with Gasteiger partial charge in [0.1, 0.15) is 11.6 Å². The van der Waals surface area contributed by atoms with Crippen molar-refractivity contribution in [1.29, 1.82) is 0 Å². The maximum atomic E-state index is 12.6. The van der Waals surface area contributed by atoms with E-state index >= 15 is 0 Å². The number of hydrogen-bond acceptors (Lipinski definition) is 3. The summed E-state index contributed by atoms with van der Waals surface area (Å²) in [6.07, 6.45) is -0.676. The third-order valence-electron chi connectivity index (χ3n) is 4.33. The highest BCUT2D eigenvalue weighted by Crippen LogP contribution is 2.28. The second-order valence-corrected chi connectivity index (χ2v) is 6.79. The summed E-state index contributed by atoms with van der Waals surface area (Å²) in [4.78, 5) is 20.6. The third-order valence-corrected chi connectivity index (χ3v) is 4.58. The quantitative estimate of drug-likeness (QED) is 0.485. The van der Waals surface area contributed by atoms with Crippen molar-refractivity contribution in [2.24, 2.45) is 0 Å². The fourth-order valence-corrected chi connectivity index (χ4v) is 3.01. The topological polar surface area (TPSA) is 67.0 Å². The van der Waals surface area contributed by atoms with Gasteiger partial charge in [-0.05, 0) is 55.5 Å². The van der Waals surface area contributed by atoms with Gasteiger partial charge >= 0.3 is 0 Å². The van der Waals surface area contributed by atoms with E-state index in [1.54, 1.807) is 31.2 Å². The molecule has 6 heteroatoms. The first-order chi connectivity index (χ1) is 13.6. The Labute approximate surface area is 167 Å². The van der Waals surface area contributed by atoms with Crippen molar-refractivity contribution in [3.05, 3.63) is 77.8 Å². The molecule has 0 aliphatic rings. The lowest BCUT2D eigenvalue weighted by Gasteiger charge is -2.16. The number of ether oxygens (including phenoxy) is 1. The summed E-state index contributed by atoms with van der Waals surface area (Å²) in [6.45, 7) is 1.70. The molecule has 0 fully saturated rings. The molecular weight excluding hydrogens is 374 g/mol. The zero-order valence-corrected chi connectivity index (χ0v) is 15.9. The fraction of sp³-hybridized carbons (Fsp3) is 0.0909. The average molecular weight is 392 g/mol. The van der Waals surface area contributed by atoms with Crippen molar-refractivity contribution in [3.8, 4) is 17.1 Å². The van der Waals surface area contributed by atoms with Crippen LogP contribution in [0, 0.1) is 0 Å². The van der Waals surface area contributed by atoms with E-state index in [0.29, 0.717) is 22.3 Å². The van der Waals surface area contributed by atoms with Gasteiger partial charge in [0.2, 0.25) is 0 Å². The fourth-order valence-electron chi connectivity index (χ4n) is 2.88. The molecule has 0 saturated carbocycles. The predicted molar refractivity (Wildman–Crippen MR) is 112 cm³/mol. The molecule has 0 aliphatic carbocycles. The van der Waals surface area contributed by atoms with Crippen LogP contribution in [0.5, 0.6) is 5.75 Å². The van der Waals surface area contributed by atoms with Gasteiger partial charge in [0.05, 0.1) is 16.7 Å². The first kappa shape index (κ1) is 18.1. The van der Waals surface area contributed by atoms with E-state index in [1.807, 2.05) is 48.5 Å². The van der Waals surface area contributed by atoms with Crippen LogP contribution in [0.2, 0.25) is 5.02 Å². The van der Waals surface area contributed by atoms with Crippen LogP contribution in [-0.4, -0.2) is 22.0 Å². The Morgan fingerprint density at radius 3 is 2.54 bits per heavy atom. The van der Waals surface area contributed by atoms with Crippen molar-refractivity contribution >= 4 is 34.2 Å². The molecule has 0 saturated heterocycles. The molecule has 5 nitrogen and oxygen atoms in total. The molecule has 4 aromatic rings. The standard InChI is InChI=1S/C22H18ClN3O2/c1-14(28-16-12-10-15(23)11-13-16)22(27)26-18-7-3-2-6-17(18)21-24-19-8-4-5-9-20(19)25-21/h2-14H,1H3,(H,24,25)(H,26,27)/t14-/m1/s1. The number of halogens is 1. The minimum absolute atomic E-state index is 0.251. The molecule has 0 radical (unpaired) electrons. The number of benzene rings is 3. The van der Waals surface area contributed by atoms with Gasteiger partial charge in [-0.2, -0.15) is 0 Å². The number of para-hydroxylation sites is 3. The lowest BCUT2D eigenvalue weighted by Crippen LogP contribution is -2.30. The number of rotatable bonds is 5. The van der Waals surface area contributed by atoms with E-state index in [9.17, 15) is 4.79 Å². The van der Waals surface area contributed by atoms with Gasteiger partial charge in [-0.15, -0.1) is 0 Å². The summed E-state index contributed by atoms with van der Waals surface area (Å²) >= 11 is 5.88. The van der Waals surface area contributed by atoms with E-state index in [1.165, 1.54) is 0 Å². The van der Waals surface area contributed by atoms with Crippen LogP contribution in [0.3, 0.4) is 0 Å². The number of carbonyl (C=O) groups excluding carboxylic acids is 1. The lowest BCUT2D eigenvalue weighted by molar-refractivity contribution is -0.122. The number of carbonyl (C=O) groups is 1. The van der Waals surface area contributed by atoms with Crippen LogP contribution in [0.4, 0.5) is 5.69 Å². The van der Waals surface area contributed by atoms with Crippen molar-refractivity contribution in [2.45, 2.75) is 13.0 Å². The van der Waals surface area contributed by atoms with Crippen LogP contribution < -0.4 is 10.1 Å². The van der Waals surface area contributed by atoms with E-state index < -0.39 is 6.10 Å². The first-order valence-corrected chi connectivity index (χ1v) is 9.25. The summed E-state index contributed by atoms with van der Waals surface area (Å²) in [5, 5.41) is 3.55. The predicted octanol–water partition coefficient (Wildman–Crippen LogP) is 5.29. The summed E-state index contributed by atoms with van der Waals surface area (Å²) in [5.74, 6) is 1.03. The van der Waals surface area contributed by atoms with Crippen molar-refractivity contribution in [2.75, 3.05) is 5.32 Å². The minimum Gasteiger partial charge on any atom is -0.481 e. The summed E-state index contributed by atoms with van der Waals surface area (Å²) < 4.78 is 5.70. The maximum absolute atomic E-state index is 12.6. The van der Waals surface area contributed by atoms with Gasteiger partial charge in [-0.25, -0.2) is 4.98 Å². The summed E-state index contributed by atoms with van der Waals surface area (Å²) in [5.41, 5.74) is 3.29. The summed E-state index contributed by atoms with van der Waals surface area (Å²) in [6, 6.07) is 22.2. The molecule has 28 heavy (non-hydrogen) atoms. The van der Waals surface area contributed by atoms with Gasteiger partial charge in [0.25, 0.3) is 5.91 Å². The number of aromatic amines is 1. The number of imidazole rings is 1. The van der Waals surface area contributed by atoms with Crippen molar-refractivity contribution in [1.82, 2.24) is 9.97 Å². The van der Waals surface area contributed by atoms with Gasteiger partial charge < -0.3 is 15.0 Å². The molecule has 0 aliphatic heterocycles. The normalized spacial score (nSPS) is 11.9. The molecule has 140 valence electrons. The minimum atomic E-state index is -0.676. The highest BCUT2D eigenvalue weighted by molar-refractivity contribution is 6.30. The van der Waals surface area contributed by atoms with Crippen LogP contribution in [0.15, 0.2) is 72.8 Å². The number of fused-ring (bicyclic) bond motifs is 1. The zero-order valence-electron chi connectivity index (χ0n) is 15.1. The van der Waals surface area contributed by atoms with Gasteiger partial charge in [-0.3, -0.25) is 4.79 Å². The number of H-pyrrole nitrogens is 1. The molecule has 3 aromatic carbocycles.